The molecule has 1 N–H and O–H groups in total. The summed E-state index contributed by atoms with van der Waals surface area (Å²) in [6.45, 7) is 5.26. The number of rotatable bonds is 3. The lowest BCUT2D eigenvalue weighted by atomic mass is 10.2. The van der Waals surface area contributed by atoms with E-state index in [9.17, 15) is 9.59 Å². The van der Waals surface area contributed by atoms with Gasteiger partial charge in [-0.05, 0) is 20.8 Å². The van der Waals surface area contributed by atoms with Crippen LogP contribution in [0.2, 0.25) is 0 Å². The molecule has 0 saturated carbocycles. The number of hydrogen-bond donors (Lipinski definition) is 2. The lowest BCUT2D eigenvalue weighted by Crippen LogP contribution is -2.40. The maximum Gasteiger partial charge on any atom is 0.408 e. The van der Waals surface area contributed by atoms with E-state index >= 15 is 0 Å². The fourth-order valence-electron chi connectivity index (χ4n) is 0.582. The summed E-state index contributed by atoms with van der Waals surface area (Å²) < 4.78 is 4.93. The Bertz CT molecular complexity index is 188. The summed E-state index contributed by atoms with van der Waals surface area (Å²) in [6.07, 6.45) is 0.0235. The normalized spacial score (nSPS) is 13.2. The third kappa shape index (κ3) is 6.45. The van der Waals surface area contributed by atoms with Crippen molar-refractivity contribution in [2.45, 2.75) is 32.4 Å². The number of carbonyl (C=O) groups excluding carboxylic acids is 2. The number of hydrogen-bond acceptors (Lipinski definition) is 4. The first-order valence-corrected chi connectivity index (χ1v) is 4.58. The summed E-state index contributed by atoms with van der Waals surface area (Å²) in [7, 11) is 0. The molecule has 0 rings (SSSR count). The highest BCUT2D eigenvalue weighted by Crippen LogP contribution is 2.06. The van der Waals surface area contributed by atoms with Gasteiger partial charge in [-0.3, -0.25) is 0 Å². The monoisotopic (exact) mass is 205 g/mol. The predicted octanol–water partition coefficient (Wildman–Crippen LogP) is 1.01. The van der Waals surface area contributed by atoms with Gasteiger partial charge >= 0.3 is 6.09 Å². The predicted molar refractivity (Wildman–Crippen MR) is 53.1 cm³/mol. The van der Waals surface area contributed by atoms with E-state index in [-0.39, 0.29) is 5.75 Å². The Morgan fingerprint density at radius 2 is 2.15 bits per heavy atom. The highest BCUT2D eigenvalue weighted by atomic mass is 32.1. The summed E-state index contributed by atoms with van der Waals surface area (Å²) in [5.41, 5.74) is -0.548. The number of nitrogens with one attached hydrogen (secondary N) is 1. The SMILES string of the molecule is CC(C)(C)OC(=O)N[C@@H](C=O)CS. The molecular weight excluding hydrogens is 190 g/mol. The van der Waals surface area contributed by atoms with Crippen molar-refractivity contribution in [3.05, 3.63) is 0 Å². The summed E-state index contributed by atoms with van der Waals surface area (Å²) >= 11 is 3.88. The Labute approximate surface area is 83.4 Å². The zero-order valence-electron chi connectivity index (χ0n) is 8.03. The van der Waals surface area contributed by atoms with Gasteiger partial charge in [-0.25, -0.2) is 4.79 Å². The van der Waals surface area contributed by atoms with Gasteiger partial charge in [-0.15, -0.1) is 0 Å². The van der Waals surface area contributed by atoms with Crippen LogP contribution < -0.4 is 5.32 Å². The van der Waals surface area contributed by atoms with E-state index in [0.717, 1.165) is 0 Å². The van der Waals surface area contributed by atoms with Crippen LogP contribution in [0.5, 0.6) is 0 Å². The first-order valence-electron chi connectivity index (χ1n) is 3.94. The van der Waals surface area contributed by atoms with Crippen molar-refractivity contribution < 1.29 is 14.3 Å². The van der Waals surface area contributed by atoms with E-state index < -0.39 is 17.7 Å². The largest absolute Gasteiger partial charge is 0.444 e. The van der Waals surface area contributed by atoms with Gasteiger partial charge in [-0.1, -0.05) is 0 Å². The second kappa shape index (κ2) is 5.11. The lowest BCUT2D eigenvalue weighted by molar-refractivity contribution is -0.109. The highest BCUT2D eigenvalue weighted by Gasteiger charge is 2.18. The molecule has 76 valence electrons. The average molecular weight is 205 g/mol. The Balaban J connectivity index is 3.93. The van der Waals surface area contributed by atoms with E-state index in [0.29, 0.717) is 6.29 Å². The second-order valence-corrected chi connectivity index (χ2v) is 3.94. The summed E-state index contributed by atoms with van der Waals surface area (Å²) in [5.74, 6) is 0.267. The van der Waals surface area contributed by atoms with E-state index in [1.807, 2.05) is 0 Å². The first-order chi connectivity index (χ1) is 5.89. The van der Waals surface area contributed by atoms with Gasteiger partial charge in [0.2, 0.25) is 0 Å². The van der Waals surface area contributed by atoms with Crippen LogP contribution in [-0.4, -0.2) is 29.8 Å². The highest BCUT2D eigenvalue weighted by molar-refractivity contribution is 7.80. The molecule has 0 heterocycles. The van der Waals surface area contributed by atoms with Gasteiger partial charge in [0.1, 0.15) is 11.9 Å². The van der Waals surface area contributed by atoms with Gasteiger partial charge in [0.15, 0.2) is 0 Å². The zero-order chi connectivity index (χ0) is 10.5. The van der Waals surface area contributed by atoms with Crippen molar-refractivity contribution in [1.82, 2.24) is 5.32 Å². The molecule has 1 atom stereocenters. The molecule has 0 spiro atoms. The van der Waals surface area contributed by atoms with Gasteiger partial charge < -0.3 is 14.8 Å². The fraction of sp³-hybridized carbons (Fsp3) is 0.750. The number of amides is 1. The molecule has 0 saturated heterocycles. The molecule has 0 aromatic heterocycles. The van der Waals surface area contributed by atoms with Crippen LogP contribution in [0.15, 0.2) is 0 Å². The molecule has 0 aromatic carbocycles. The number of ether oxygens (including phenoxy) is 1. The minimum Gasteiger partial charge on any atom is -0.444 e. The molecule has 4 nitrogen and oxygen atoms in total. The Kier molecular flexibility index (Phi) is 4.83. The second-order valence-electron chi connectivity index (χ2n) is 3.57. The van der Waals surface area contributed by atoms with Crippen LogP contribution >= 0.6 is 12.6 Å². The molecule has 0 unspecified atom stereocenters. The molecule has 0 aliphatic carbocycles. The molecule has 0 aromatic rings. The standard InChI is InChI=1S/C8H15NO3S/c1-8(2,3)12-7(11)9-6(4-10)5-13/h4,6,13H,5H2,1-3H3,(H,9,11)/t6-/m0/s1. The molecule has 1 amide bonds. The molecule has 0 aliphatic heterocycles. The van der Waals surface area contributed by atoms with Crippen molar-refractivity contribution in [2.24, 2.45) is 0 Å². The van der Waals surface area contributed by atoms with Crippen molar-refractivity contribution >= 4 is 25.0 Å². The van der Waals surface area contributed by atoms with Gasteiger partial charge in [0.25, 0.3) is 0 Å². The number of aldehydes is 1. The van der Waals surface area contributed by atoms with Crippen molar-refractivity contribution in [1.29, 1.82) is 0 Å². The summed E-state index contributed by atoms with van der Waals surface area (Å²) in [4.78, 5) is 21.4. The van der Waals surface area contributed by atoms with Crippen LogP contribution in [0.4, 0.5) is 4.79 Å². The van der Waals surface area contributed by atoms with Crippen LogP contribution in [0.1, 0.15) is 20.8 Å². The number of alkyl carbamates (subject to hydrolysis) is 1. The van der Waals surface area contributed by atoms with Crippen molar-refractivity contribution in [3.63, 3.8) is 0 Å². The van der Waals surface area contributed by atoms with Gasteiger partial charge in [0, 0.05) is 5.75 Å². The van der Waals surface area contributed by atoms with Gasteiger partial charge in [-0.2, -0.15) is 12.6 Å². The Morgan fingerprint density at radius 1 is 1.62 bits per heavy atom. The van der Waals surface area contributed by atoms with E-state index in [4.69, 9.17) is 4.74 Å². The van der Waals surface area contributed by atoms with Crippen LogP contribution in [-0.2, 0) is 9.53 Å². The van der Waals surface area contributed by atoms with E-state index in [2.05, 4.69) is 17.9 Å². The fourth-order valence-corrected chi connectivity index (χ4v) is 0.759. The number of thiol groups is 1. The van der Waals surface area contributed by atoms with Crippen LogP contribution in [0.25, 0.3) is 0 Å². The quantitative estimate of drug-likeness (QED) is 0.534. The summed E-state index contributed by atoms with van der Waals surface area (Å²) in [5, 5.41) is 2.37. The zero-order valence-corrected chi connectivity index (χ0v) is 8.93. The van der Waals surface area contributed by atoms with Crippen LogP contribution in [0.3, 0.4) is 0 Å². The third-order valence-corrected chi connectivity index (χ3v) is 1.46. The Hall–Kier alpha value is -0.710. The minimum absolute atomic E-state index is 0.267. The number of carbonyl (C=O) groups is 2. The smallest absolute Gasteiger partial charge is 0.408 e. The third-order valence-electron chi connectivity index (χ3n) is 1.06. The van der Waals surface area contributed by atoms with Crippen LogP contribution in [0, 0.1) is 0 Å². The van der Waals surface area contributed by atoms with E-state index in [1.165, 1.54) is 0 Å². The molecule has 0 fully saturated rings. The molecular formula is C8H15NO3S. The molecule has 5 heteroatoms. The molecule has 0 bridgehead atoms. The maximum absolute atomic E-state index is 11.1. The molecule has 0 aliphatic rings. The minimum atomic E-state index is -0.598. The average Bonchev–Trinajstić information content (AvgIpc) is 1.96. The molecule has 13 heavy (non-hydrogen) atoms. The first kappa shape index (κ1) is 12.3. The maximum atomic E-state index is 11.1. The lowest BCUT2D eigenvalue weighted by Gasteiger charge is -2.20. The Morgan fingerprint density at radius 3 is 2.46 bits per heavy atom. The summed E-state index contributed by atoms with van der Waals surface area (Å²) in [6, 6.07) is -0.585. The topological polar surface area (TPSA) is 55.4 Å². The molecule has 0 radical (unpaired) electrons. The van der Waals surface area contributed by atoms with Gasteiger partial charge in [0.05, 0.1) is 6.04 Å². The van der Waals surface area contributed by atoms with Crippen molar-refractivity contribution in [3.8, 4) is 0 Å². The van der Waals surface area contributed by atoms with E-state index in [1.54, 1.807) is 20.8 Å². The van der Waals surface area contributed by atoms with Crippen molar-refractivity contribution in [2.75, 3.05) is 5.75 Å².